The van der Waals surface area contributed by atoms with Gasteiger partial charge in [-0.3, -0.25) is 10.0 Å². The van der Waals surface area contributed by atoms with Crippen LogP contribution in [0.3, 0.4) is 0 Å². The van der Waals surface area contributed by atoms with E-state index in [4.69, 9.17) is 15.1 Å². The van der Waals surface area contributed by atoms with Gasteiger partial charge in [0.1, 0.15) is 5.75 Å². The standard InChI is InChI=1S/C27H33NO5/c1-27(16-4-2-5-17-27)23-19-22(21-11-8-20(9-12-21)10-15-26(30)31)13-14-24(23)33-18-6-3-7-25(29)28-32/h8-15,19,32H,2-7,16-18H2,1H3,(H,28,29)(H,30,31). The second-order valence-electron chi connectivity index (χ2n) is 8.97. The number of rotatable bonds is 10. The van der Waals surface area contributed by atoms with Crippen molar-refractivity contribution in [2.45, 2.75) is 63.7 Å². The van der Waals surface area contributed by atoms with Crippen molar-refractivity contribution in [1.29, 1.82) is 0 Å². The van der Waals surface area contributed by atoms with Gasteiger partial charge in [0.15, 0.2) is 0 Å². The molecule has 1 aliphatic carbocycles. The average Bonchev–Trinajstić information content (AvgIpc) is 2.83. The minimum Gasteiger partial charge on any atom is -0.493 e. The van der Waals surface area contributed by atoms with Gasteiger partial charge in [0.05, 0.1) is 6.61 Å². The first-order valence-electron chi connectivity index (χ1n) is 11.6. The number of hydroxylamine groups is 1. The summed E-state index contributed by atoms with van der Waals surface area (Å²) in [7, 11) is 0. The number of hydrogen-bond acceptors (Lipinski definition) is 4. The number of carboxylic acid groups (broad SMARTS) is 1. The highest BCUT2D eigenvalue weighted by molar-refractivity contribution is 5.85. The van der Waals surface area contributed by atoms with Crippen LogP contribution >= 0.6 is 0 Å². The van der Waals surface area contributed by atoms with E-state index in [0.717, 1.165) is 47.8 Å². The number of nitrogens with one attached hydrogen (secondary N) is 1. The lowest BCUT2D eigenvalue weighted by Gasteiger charge is -2.35. The highest BCUT2D eigenvalue weighted by atomic mass is 16.5. The molecule has 6 heteroatoms. The molecule has 1 amide bonds. The summed E-state index contributed by atoms with van der Waals surface area (Å²) in [6.07, 6.45) is 10.3. The summed E-state index contributed by atoms with van der Waals surface area (Å²) in [4.78, 5) is 21.9. The third-order valence-corrected chi connectivity index (χ3v) is 6.43. The molecule has 3 rings (SSSR count). The van der Waals surface area contributed by atoms with Gasteiger partial charge in [-0.15, -0.1) is 0 Å². The number of ether oxygens (including phenoxy) is 1. The molecule has 0 unspecified atom stereocenters. The zero-order valence-electron chi connectivity index (χ0n) is 19.2. The second kappa shape index (κ2) is 11.7. The van der Waals surface area contributed by atoms with Crippen LogP contribution in [0.15, 0.2) is 48.5 Å². The van der Waals surface area contributed by atoms with Gasteiger partial charge in [-0.2, -0.15) is 0 Å². The maximum Gasteiger partial charge on any atom is 0.328 e. The van der Waals surface area contributed by atoms with Gasteiger partial charge in [0, 0.05) is 18.1 Å². The largest absolute Gasteiger partial charge is 0.493 e. The van der Waals surface area contributed by atoms with Crippen molar-refractivity contribution < 1.29 is 24.6 Å². The molecule has 0 aromatic heterocycles. The summed E-state index contributed by atoms with van der Waals surface area (Å²) in [5.41, 5.74) is 5.97. The van der Waals surface area contributed by atoms with Gasteiger partial charge in [-0.25, -0.2) is 10.3 Å². The lowest BCUT2D eigenvalue weighted by Crippen LogP contribution is -2.26. The Labute approximate surface area is 195 Å². The molecule has 0 atom stereocenters. The predicted octanol–water partition coefficient (Wildman–Crippen LogP) is 5.73. The minimum absolute atomic E-state index is 0.0601. The smallest absolute Gasteiger partial charge is 0.328 e. The van der Waals surface area contributed by atoms with E-state index >= 15 is 0 Å². The van der Waals surface area contributed by atoms with Crippen LogP contribution in [0.5, 0.6) is 5.75 Å². The molecule has 0 saturated heterocycles. The Morgan fingerprint density at radius 1 is 1.03 bits per heavy atom. The van der Waals surface area contributed by atoms with Gasteiger partial charge in [0.2, 0.25) is 5.91 Å². The summed E-state index contributed by atoms with van der Waals surface area (Å²) in [6, 6.07) is 14.2. The number of unbranched alkanes of at least 4 members (excludes halogenated alkanes) is 1. The highest BCUT2D eigenvalue weighted by Gasteiger charge is 2.32. The van der Waals surface area contributed by atoms with E-state index in [1.165, 1.54) is 24.8 Å². The average molecular weight is 452 g/mol. The monoisotopic (exact) mass is 451 g/mol. The summed E-state index contributed by atoms with van der Waals surface area (Å²) in [5, 5.41) is 17.4. The molecule has 3 N–H and O–H groups in total. The zero-order chi connectivity index (χ0) is 23.7. The Kier molecular flexibility index (Phi) is 8.66. The molecule has 0 heterocycles. The summed E-state index contributed by atoms with van der Waals surface area (Å²) < 4.78 is 6.18. The fraction of sp³-hybridized carbons (Fsp3) is 0.407. The van der Waals surface area contributed by atoms with Crippen LogP contribution in [0.4, 0.5) is 0 Å². The van der Waals surface area contributed by atoms with Crippen LogP contribution in [-0.2, 0) is 15.0 Å². The van der Waals surface area contributed by atoms with E-state index in [0.29, 0.717) is 13.0 Å². The van der Waals surface area contributed by atoms with Crippen LogP contribution in [0.25, 0.3) is 17.2 Å². The van der Waals surface area contributed by atoms with E-state index in [1.54, 1.807) is 11.6 Å². The van der Waals surface area contributed by atoms with Crippen molar-refractivity contribution in [2.75, 3.05) is 6.61 Å². The minimum atomic E-state index is -0.961. The number of hydrogen-bond donors (Lipinski definition) is 3. The molecule has 2 aromatic rings. The van der Waals surface area contributed by atoms with Gasteiger partial charge in [0.25, 0.3) is 0 Å². The van der Waals surface area contributed by atoms with E-state index < -0.39 is 5.97 Å². The van der Waals surface area contributed by atoms with Crippen molar-refractivity contribution in [3.63, 3.8) is 0 Å². The zero-order valence-corrected chi connectivity index (χ0v) is 19.2. The molecule has 0 aliphatic heterocycles. The number of aliphatic carboxylic acids is 1. The Bertz CT molecular complexity index is 975. The van der Waals surface area contributed by atoms with E-state index in [-0.39, 0.29) is 17.7 Å². The molecule has 2 aromatic carbocycles. The number of carboxylic acids is 1. The van der Waals surface area contributed by atoms with Gasteiger partial charge >= 0.3 is 5.97 Å². The van der Waals surface area contributed by atoms with Crippen LogP contribution in [0.1, 0.15) is 69.4 Å². The van der Waals surface area contributed by atoms with Crippen LogP contribution < -0.4 is 10.2 Å². The Balaban J connectivity index is 1.80. The molecule has 6 nitrogen and oxygen atoms in total. The van der Waals surface area contributed by atoms with E-state index in [2.05, 4.69) is 19.1 Å². The predicted molar refractivity (Wildman–Crippen MR) is 128 cm³/mol. The summed E-state index contributed by atoms with van der Waals surface area (Å²) in [6.45, 7) is 2.84. The molecular weight excluding hydrogens is 418 g/mol. The maximum absolute atomic E-state index is 11.2. The van der Waals surface area contributed by atoms with Gasteiger partial charge in [-0.05, 0) is 66.0 Å². The van der Waals surface area contributed by atoms with Crippen molar-refractivity contribution in [1.82, 2.24) is 5.48 Å². The molecule has 1 fully saturated rings. The number of carbonyl (C=O) groups is 2. The lowest BCUT2D eigenvalue weighted by molar-refractivity contribution is -0.131. The normalized spacial score (nSPS) is 15.3. The number of amides is 1. The summed E-state index contributed by atoms with van der Waals surface area (Å²) >= 11 is 0. The third kappa shape index (κ3) is 6.93. The fourth-order valence-electron chi connectivity index (χ4n) is 4.49. The van der Waals surface area contributed by atoms with Crippen molar-refractivity contribution in [3.05, 3.63) is 59.7 Å². The fourth-order valence-corrected chi connectivity index (χ4v) is 4.49. The van der Waals surface area contributed by atoms with Gasteiger partial charge in [-0.1, -0.05) is 56.5 Å². The van der Waals surface area contributed by atoms with Crippen molar-refractivity contribution >= 4 is 18.0 Å². The summed E-state index contributed by atoms with van der Waals surface area (Å²) in [5.74, 6) is -0.438. The number of benzene rings is 2. The van der Waals surface area contributed by atoms with Crippen LogP contribution in [-0.4, -0.2) is 28.8 Å². The van der Waals surface area contributed by atoms with Crippen molar-refractivity contribution in [2.24, 2.45) is 0 Å². The first-order chi connectivity index (χ1) is 15.9. The molecular formula is C27H33NO5. The SMILES string of the molecule is CC1(c2cc(-c3ccc(C=CC(=O)O)cc3)ccc2OCCCCC(=O)NO)CCCCC1. The third-order valence-electron chi connectivity index (χ3n) is 6.43. The van der Waals surface area contributed by atoms with E-state index in [9.17, 15) is 9.59 Å². The maximum atomic E-state index is 11.2. The molecule has 33 heavy (non-hydrogen) atoms. The van der Waals surface area contributed by atoms with E-state index in [1.807, 2.05) is 30.3 Å². The molecule has 1 aliphatic rings. The second-order valence-corrected chi connectivity index (χ2v) is 8.97. The Hall–Kier alpha value is -3.12. The quantitative estimate of drug-likeness (QED) is 0.186. The molecule has 0 bridgehead atoms. The highest BCUT2D eigenvalue weighted by Crippen LogP contribution is 2.44. The number of carbonyl (C=O) groups excluding carboxylic acids is 1. The molecule has 1 saturated carbocycles. The topological polar surface area (TPSA) is 95.9 Å². The van der Waals surface area contributed by atoms with Crippen LogP contribution in [0.2, 0.25) is 0 Å². The first kappa shape index (κ1) is 24.5. The first-order valence-corrected chi connectivity index (χ1v) is 11.6. The Morgan fingerprint density at radius 2 is 1.73 bits per heavy atom. The lowest BCUT2D eigenvalue weighted by atomic mass is 9.70. The van der Waals surface area contributed by atoms with Crippen molar-refractivity contribution in [3.8, 4) is 16.9 Å². The molecule has 0 radical (unpaired) electrons. The molecule has 0 spiro atoms. The van der Waals surface area contributed by atoms with Gasteiger partial charge < -0.3 is 9.84 Å². The Morgan fingerprint density at radius 3 is 2.39 bits per heavy atom. The van der Waals surface area contributed by atoms with Crippen LogP contribution in [0, 0.1) is 0 Å². The molecule has 176 valence electrons.